The van der Waals surface area contributed by atoms with Crippen molar-refractivity contribution in [1.82, 2.24) is 9.46 Å². The van der Waals surface area contributed by atoms with Crippen molar-refractivity contribution in [3.8, 4) is 0 Å². The summed E-state index contributed by atoms with van der Waals surface area (Å²) in [6, 6.07) is 1.12. The second-order valence-corrected chi connectivity index (χ2v) is 6.96. The molecule has 1 aliphatic rings. The standard InChI is InChI=1S/C12H18N2O5S/c1-9-6-10(13-19-9)8-20(17,18)14-5-3-2-4-11(14)7-12(15)16/h6,11H,2-5,7-8H2,1H3,(H,15,16). The van der Waals surface area contributed by atoms with Crippen LogP contribution in [0.15, 0.2) is 10.6 Å². The van der Waals surface area contributed by atoms with Gasteiger partial charge in [-0.25, -0.2) is 8.42 Å². The fourth-order valence-electron chi connectivity index (χ4n) is 2.50. The number of aryl methyl sites for hydroxylation is 1. The van der Waals surface area contributed by atoms with E-state index in [9.17, 15) is 13.2 Å². The predicted molar refractivity (Wildman–Crippen MR) is 70.5 cm³/mol. The number of carboxylic acids is 1. The topological polar surface area (TPSA) is 101 Å². The van der Waals surface area contributed by atoms with Gasteiger partial charge in [-0.1, -0.05) is 11.6 Å². The van der Waals surface area contributed by atoms with Gasteiger partial charge < -0.3 is 9.63 Å². The minimum absolute atomic E-state index is 0.156. The molecule has 0 amide bonds. The zero-order valence-electron chi connectivity index (χ0n) is 11.3. The Morgan fingerprint density at radius 2 is 2.30 bits per heavy atom. The van der Waals surface area contributed by atoms with Crippen LogP contribution < -0.4 is 0 Å². The van der Waals surface area contributed by atoms with Gasteiger partial charge >= 0.3 is 5.97 Å². The van der Waals surface area contributed by atoms with Crippen molar-refractivity contribution in [3.63, 3.8) is 0 Å². The fourth-order valence-corrected chi connectivity index (χ4v) is 4.22. The molecular weight excluding hydrogens is 284 g/mol. The van der Waals surface area contributed by atoms with Gasteiger partial charge in [-0.2, -0.15) is 4.31 Å². The Morgan fingerprint density at radius 3 is 2.90 bits per heavy atom. The monoisotopic (exact) mass is 302 g/mol. The molecule has 0 bridgehead atoms. The number of rotatable bonds is 5. The summed E-state index contributed by atoms with van der Waals surface area (Å²) in [4.78, 5) is 10.9. The van der Waals surface area contributed by atoms with Gasteiger partial charge in [-0.3, -0.25) is 4.79 Å². The number of nitrogens with zero attached hydrogens (tertiary/aromatic N) is 2. The summed E-state index contributed by atoms with van der Waals surface area (Å²) in [6.07, 6.45) is 2.04. The molecular formula is C12H18N2O5S. The van der Waals surface area contributed by atoms with Gasteiger partial charge in [-0.05, 0) is 19.8 Å². The lowest BCUT2D eigenvalue weighted by atomic mass is 10.0. The molecule has 20 heavy (non-hydrogen) atoms. The Kier molecular flexibility index (Phi) is 4.44. The highest BCUT2D eigenvalue weighted by molar-refractivity contribution is 7.88. The molecule has 1 unspecified atom stereocenters. The second-order valence-electron chi connectivity index (χ2n) is 5.04. The first kappa shape index (κ1) is 15.0. The SMILES string of the molecule is Cc1cc(CS(=O)(=O)N2CCCCC2CC(=O)O)no1. The van der Waals surface area contributed by atoms with E-state index in [0.717, 1.165) is 12.8 Å². The second kappa shape index (κ2) is 5.92. The molecule has 1 aromatic heterocycles. The molecule has 1 N–H and O–H groups in total. The minimum atomic E-state index is -3.57. The maximum absolute atomic E-state index is 12.4. The molecule has 1 saturated heterocycles. The molecule has 1 aromatic rings. The van der Waals surface area contributed by atoms with Gasteiger partial charge in [0.15, 0.2) is 0 Å². The summed E-state index contributed by atoms with van der Waals surface area (Å²) in [6.45, 7) is 2.06. The number of carboxylic acid groups (broad SMARTS) is 1. The third-order valence-electron chi connectivity index (χ3n) is 3.35. The van der Waals surface area contributed by atoms with Crippen molar-refractivity contribution in [2.45, 2.75) is 44.4 Å². The van der Waals surface area contributed by atoms with Gasteiger partial charge in [0.05, 0.1) is 6.42 Å². The summed E-state index contributed by atoms with van der Waals surface area (Å²) in [5, 5.41) is 12.6. The highest BCUT2D eigenvalue weighted by atomic mass is 32.2. The number of sulfonamides is 1. The predicted octanol–water partition coefficient (Wildman–Crippen LogP) is 1.14. The number of aromatic nitrogens is 1. The third-order valence-corrected chi connectivity index (χ3v) is 5.20. The average Bonchev–Trinajstić information content (AvgIpc) is 2.73. The number of hydrogen-bond acceptors (Lipinski definition) is 5. The van der Waals surface area contributed by atoms with Gasteiger partial charge in [-0.15, -0.1) is 0 Å². The van der Waals surface area contributed by atoms with Crippen molar-refractivity contribution in [2.75, 3.05) is 6.54 Å². The number of hydrogen-bond donors (Lipinski definition) is 1. The van der Waals surface area contributed by atoms with Gasteiger partial charge in [0.1, 0.15) is 17.2 Å². The molecule has 1 aliphatic heterocycles. The molecule has 112 valence electrons. The zero-order valence-corrected chi connectivity index (χ0v) is 12.1. The van der Waals surface area contributed by atoms with Crippen LogP contribution in [0.4, 0.5) is 0 Å². The molecule has 2 rings (SSSR count). The highest BCUT2D eigenvalue weighted by Gasteiger charge is 2.34. The van der Waals surface area contributed by atoms with Gasteiger partial charge in [0.2, 0.25) is 10.0 Å². The molecule has 2 heterocycles. The molecule has 1 fully saturated rings. The number of aliphatic carboxylic acids is 1. The normalized spacial score (nSPS) is 20.9. The van der Waals surface area contributed by atoms with Crippen LogP contribution in [-0.2, 0) is 20.6 Å². The molecule has 7 nitrogen and oxygen atoms in total. The van der Waals surface area contributed by atoms with Crippen LogP contribution in [0.1, 0.15) is 37.1 Å². The van der Waals surface area contributed by atoms with Crippen LogP contribution in [0, 0.1) is 6.92 Å². The summed E-state index contributed by atoms with van der Waals surface area (Å²) >= 11 is 0. The van der Waals surface area contributed by atoms with Crippen LogP contribution in [0.3, 0.4) is 0 Å². The quantitative estimate of drug-likeness (QED) is 0.875. The van der Waals surface area contributed by atoms with E-state index in [2.05, 4.69) is 5.16 Å². The highest BCUT2D eigenvalue weighted by Crippen LogP contribution is 2.24. The van der Waals surface area contributed by atoms with E-state index >= 15 is 0 Å². The van der Waals surface area contributed by atoms with Crippen molar-refractivity contribution in [1.29, 1.82) is 0 Å². The summed E-state index contributed by atoms with van der Waals surface area (Å²) in [7, 11) is -3.57. The summed E-state index contributed by atoms with van der Waals surface area (Å²) in [5.41, 5.74) is 0.349. The minimum Gasteiger partial charge on any atom is -0.481 e. The third kappa shape index (κ3) is 3.57. The average molecular weight is 302 g/mol. The maximum Gasteiger partial charge on any atom is 0.304 e. The smallest absolute Gasteiger partial charge is 0.304 e. The van der Waals surface area contributed by atoms with Crippen LogP contribution in [0.5, 0.6) is 0 Å². The molecule has 0 aromatic carbocycles. The summed E-state index contributed by atoms with van der Waals surface area (Å²) in [5.74, 6) is -0.675. The first-order valence-corrected chi connectivity index (χ1v) is 8.13. The van der Waals surface area contributed by atoms with Crippen molar-refractivity contribution in [3.05, 3.63) is 17.5 Å². The van der Waals surface area contributed by atoms with Crippen LogP contribution in [0.25, 0.3) is 0 Å². The van der Waals surface area contributed by atoms with E-state index in [0.29, 0.717) is 24.4 Å². The molecule has 0 saturated carbocycles. The van der Waals surface area contributed by atoms with E-state index in [-0.39, 0.29) is 12.2 Å². The van der Waals surface area contributed by atoms with Gasteiger partial charge in [0.25, 0.3) is 0 Å². The number of piperidine rings is 1. The fraction of sp³-hybridized carbons (Fsp3) is 0.667. The van der Waals surface area contributed by atoms with E-state index in [1.54, 1.807) is 13.0 Å². The zero-order chi connectivity index (χ0) is 14.8. The molecule has 0 radical (unpaired) electrons. The van der Waals surface area contributed by atoms with Crippen LogP contribution in [-0.4, -0.2) is 41.5 Å². The van der Waals surface area contributed by atoms with Crippen molar-refractivity contribution in [2.24, 2.45) is 0 Å². The lowest BCUT2D eigenvalue weighted by Gasteiger charge is -2.33. The van der Waals surface area contributed by atoms with Crippen molar-refractivity contribution >= 4 is 16.0 Å². The van der Waals surface area contributed by atoms with Gasteiger partial charge in [0, 0.05) is 18.7 Å². The Bertz CT molecular complexity index is 580. The van der Waals surface area contributed by atoms with Crippen LogP contribution >= 0.6 is 0 Å². The van der Waals surface area contributed by atoms with Crippen LogP contribution in [0.2, 0.25) is 0 Å². The summed E-state index contributed by atoms with van der Waals surface area (Å²) < 4.78 is 31.0. The largest absolute Gasteiger partial charge is 0.481 e. The molecule has 1 atom stereocenters. The molecule has 0 aliphatic carbocycles. The van der Waals surface area contributed by atoms with E-state index in [4.69, 9.17) is 9.63 Å². The van der Waals surface area contributed by atoms with E-state index < -0.39 is 22.0 Å². The lowest BCUT2D eigenvalue weighted by molar-refractivity contribution is -0.138. The Balaban J connectivity index is 2.15. The number of carbonyl (C=O) groups is 1. The maximum atomic E-state index is 12.4. The Labute approximate surface area is 117 Å². The Hall–Kier alpha value is -1.41. The van der Waals surface area contributed by atoms with E-state index in [1.807, 2.05) is 0 Å². The lowest BCUT2D eigenvalue weighted by Crippen LogP contribution is -2.45. The molecule has 0 spiro atoms. The molecule has 8 heteroatoms. The first-order chi connectivity index (χ1) is 9.38. The van der Waals surface area contributed by atoms with Crippen molar-refractivity contribution < 1.29 is 22.8 Å². The Morgan fingerprint density at radius 1 is 1.55 bits per heavy atom. The first-order valence-electron chi connectivity index (χ1n) is 6.52. The van der Waals surface area contributed by atoms with E-state index in [1.165, 1.54) is 4.31 Å².